The summed E-state index contributed by atoms with van der Waals surface area (Å²) in [5.41, 5.74) is 0.691. The Kier molecular flexibility index (Phi) is 3.17. The molecule has 0 bridgehead atoms. The zero-order chi connectivity index (χ0) is 11.6. The highest BCUT2D eigenvalue weighted by Gasteiger charge is 2.21. The molecule has 0 aromatic carbocycles. The average Bonchev–Trinajstić information content (AvgIpc) is 2.48. The maximum Gasteiger partial charge on any atom is 0.290 e. The third-order valence-corrected chi connectivity index (χ3v) is 1.92. The molecule has 0 aliphatic heterocycles. The first-order valence-corrected chi connectivity index (χ1v) is 5.09. The first-order valence-electron chi connectivity index (χ1n) is 5.09. The third kappa shape index (κ3) is 3.08. The van der Waals surface area contributed by atoms with Gasteiger partial charge in [-0.1, -0.05) is 25.9 Å². The fourth-order valence-corrected chi connectivity index (χ4v) is 1.07. The van der Waals surface area contributed by atoms with E-state index in [9.17, 15) is 4.79 Å². The second-order valence-electron chi connectivity index (χ2n) is 4.95. The fraction of sp³-hybridized carbons (Fsp3) is 0.636. The van der Waals surface area contributed by atoms with Gasteiger partial charge in [0, 0.05) is 17.5 Å². The van der Waals surface area contributed by atoms with Crippen molar-refractivity contribution in [2.75, 3.05) is 0 Å². The van der Waals surface area contributed by atoms with Crippen LogP contribution in [0.3, 0.4) is 0 Å². The quantitative estimate of drug-likeness (QED) is 0.813. The lowest BCUT2D eigenvalue weighted by Gasteiger charge is -2.12. The molecular formula is C11H18N2O2. The van der Waals surface area contributed by atoms with Crippen molar-refractivity contribution >= 4 is 5.91 Å². The van der Waals surface area contributed by atoms with Crippen LogP contribution in [0.2, 0.25) is 0 Å². The summed E-state index contributed by atoms with van der Waals surface area (Å²) >= 11 is 0. The van der Waals surface area contributed by atoms with Crippen LogP contribution in [0.1, 0.15) is 50.9 Å². The molecule has 1 heterocycles. The average molecular weight is 210 g/mol. The Labute approximate surface area is 90.0 Å². The van der Waals surface area contributed by atoms with Crippen LogP contribution in [0.5, 0.6) is 0 Å². The Morgan fingerprint density at radius 3 is 2.47 bits per heavy atom. The number of hydrogen-bond acceptors (Lipinski definition) is 3. The van der Waals surface area contributed by atoms with E-state index >= 15 is 0 Å². The van der Waals surface area contributed by atoms with Gasteiger partial charge in [-0.25, -0.2) is 0 Å². The molecule has 0 radical (unpaired) electrons. The Bertz CT molecular complexity index is 348. The van der Waals surface area contributed by atoms with Crippen molar-refractivity contribution in [3.8, 4) is 0 Å². The van der Waals surface area contributed by atoms with E-state index in [2.05, 4.69) is 10.5 Å². The van der Waals surface area contributed by atoms with Crippen LogP contribution in [0.25, 0.3) is 0 Å². The summed E-state index contributed by atoms with van der Waals surface area (Å²) in [4.78, 5) is 11.6. The molecule has 0 spiro atoms. The van der Waals surface area contributed by atoms with Crippen LogP contribution in [-0.2, 0) is 5.41 Å². The number of rotatable bonds is 2. The molecule has 84 valence electrons. The lowest BCUT2D eigenvalue weighted by atomic mass is 9.92. The van der Waals surface area contributed by atoms with Crippen molar-refractivity contribution in [2.45, 2.75) is 46.1 Å². The van der Waals surface area contributed by atoms with Gasteiger partial charge < -0.3 is 9.84 Å². The molecule has 4 nitrogen and oxygen atoms in total. The zero-order valence-electron chi connectivity index (χ0n) is 9.92. The van der Waals surface area contributed by atoms with Gasteiger partial charge in [0.2, 0.25) is 5.76 Å². The highest BCUT2D eigenvalue weighted by atomic mass is 16.5. The van der Waals surface area contributed by atoms with Crippen molar-refractivity contribution in [3.05, 3.63) is 17.5 Å². The van der Waals surface area contributed by atoms with E-state index in [1.807, 2.05) is 34.6 Å². The minimum absolute atomic E-state index is 0.0974. The Balaban J connectivity index is 2.81. The predicted octanol–water partition coefficient (Wildman–Crippen LogP) is 2.11. The number of nitrogens with zero attached hydrogens (tertiary/aromatic N) is 1. The van der Waals surface area contributed by atoms with Crippen molar-refractivity contribution in [2.24, 2.45) is 0 Å². The highest BCUT2D eigenvalue weighted by Crippen LogP contribution is 2.21. The van der Waals surface area contributed by atoms with Crippen molar-refractivity contribution in [1.82, 2.24) is 10.5 Å². The minimum atomic E-state index is -0.215. The number of carbonyl (C=O) groups is 1. The van der Waals surface area contributed by atoms with Gasteiger partial charge in [-0.05, 0) is 13.8 Å². The molecule has 0 saturated carbocycles. The molecule has 15 heavy (non-hydrogen) atoms. The third-order valence-electron chi connectivity index (χ3n) is 1.92. The van der Waals surface area contributed by atoms with Gasteiger partial charge in [-0.15, -0.1) is 0 Å². The van der Waals surface area contributed by atoms with Gasteiger partial charge in [-0.3, -0.25) is 4.79 Å². The molecule has 1 rings (SSSR count). The largest absolute Gasteiger partial charge is 0.351 e. The van der Waals surface area contributed by atoms with Crippen LogP contribution in [0.15, 0.2) is 10.6 Å². The standard InChI is InChI=1S/C11H18N2O2/c1-7(2)12-10(14)8-6-9(13-15-8)11(3,4)5/h6-7H,1-5H3,(H,12,14). The second kappa shape index (κ2) is 4.04. The normalized spacial score (nSPS) is 11.9. The molecule has 0 saturated heterocycles. The second-order valence-corrected chi connectivity index (χ2v) is 4.95. The topological polar surface area (TPSA) is 55.1 Å². The maximum atomic E-state index is 11.6. The van der Waals surface area contributed by atoms with Gasteiger partial charge in [0.05, 0.1) is 5.69 Å². The summed E-state index contributed by atoms with van der Waals surface area (Å²) in [7, 11) is 0. The van der Waals surface area contributed by atoms with E-state index in [0.717, 1.165) is 5.69 Å². The molecule has 1 amide bonds. The van der Waals surface area contributed by atoms with Gasteiger partial charge in [-0.2, -0.15) is 0 Å². The number of nitrogens with one attached hydrogen (secondary N) is 1. The molecule has 0 atom stereocenters. The predicted molar refractivity (Wildman–Crippen MR) is 57.8 cm³/mol. The Hall–Kier alpha value is -1.32. The van der Waals surface area contributed by atoms with E-state index in [0.29, 0.717) is 0 Å². The molecule has 0 aliphatic carbocycles. The highest BCUT2D eigenvalue weighted by molar-refractivity contribution is 5.91. The number of aromatic nitrogens is 1. The Morgan fingerprint density at radius 2 is 2.07 bits per heavy atom. The lowest BCUT2D eigenvalue weighted by molar-refractivity contribution is 0.0905. The molecule has 1 N–H and O–H groups in total. The summed E-state index contributed by atoms with van der Waals surface area (Å²) < 4.78 is 4.99. The number of amides is 1. The summed E-state index contributed by atoms with van der Waals surface area (Å²) in [5, 5.41) is 6.63. The number of carbonyl (C=O) groups excluding carboxylic acids is 1. The SMILES string of the molecule is CC(C)NC(=O)c1cc(C(C)(C)C)no1. The van der Waals surface area contributed by atoms with Crippen LogP contribution >= 0.6 is 0 Å². The van der Waals surface area contributed by atoms with E-state index in [-0.39, 0.29) is 23.1 Å². The maximum absolute atomic E-state index is 11.6. The molecule has 0 aliphatic rings. The molecule has 4 heteroatoms. The molecule has 0 unspecified atom stereocenters. The molecule has 1 aromatic rings. The zero-order valence-corrected chi connectivity index (χ0v) is 9.92. The van der Waals surface area contributed by atoms with E-state index in [1.165, 1.54) is 0 Å². The smallest absolute Gasteiger partial charge is 0.290 e. The first kappa shape index (κ1) is 11.8. The van der Waals surface area contributed by atoms with Gasteiger partial charge in [0.1, 0.15) is 0 Å². The van der Waals surface area contributed by atoms with Crippen molar-refractivity contribution in [1.29, 1.82) is 0 Å². The van der Waals surface area contributed by atoms with Gasteiger partial charge in [0.15, 0.2) is 0 Å². The lowest BCUT2D eigenvalue weighted by Crippen LogP contribution is -2.29. The summed E-state index contributed by atoms with van der Waals surface area (Å²) in [6.45, 7) is 9.87. The number of hydrogen-bond donors (Lipinski definition) is 1. The first-order chi connectivity index (χ1) is 6.80. The fourth-order valence-electron chi connectivity index (χ4n) is 1.07. The monoisotopic (exact) mass is 210 g/mol. The van der Waals surface area contributed by atoms with Crippen molar-refractivity contribution < 1.29 is 9.32 Å². The summed E-state index contributed by atoms with van der Waals surface area (Å²) in [6.07, 6.45) is 0. The van der Waals surface area contributed by atoms with E-state index in [4.69, 9.17) is 4.52 Å². The van der Waals surface area contributed by atoms with Crippen LogP contribution in [-0.4, -0.2) is 17.1 Å². The van der Waals surface area contributed by atoms with Crippen LogP contribution in [0.4, 0.5) is 0 Å². The molecular weight excluding hydrogens is 192 g/mol. The van der Waals surface area contributed by atoms with Crippen LogP contribution in [0, 0.1) is 0 Å². The summed E-state index contributed by atoms with van der Waals surface area (Å²) in [6, 6.07) is 1.79. The molecule has 0 fully saturated rings. The van der Waals surface area contributed by atoms with Gasteiger partial charge in [0.25, 0.3) is 5.91 Å². The van der Waals surface area contributed by atoms with E-state index in [1.54, 1.807) is 6.07 Å². The van der Waals surface area contributed by atoms with Gasteiger partial charge >= 0.3 is 0 Å². The Morgan fingerprint density at radius 1 is 1.47 bits per heavy atom. The summed E-state index contributed by atoms with van der Waals surface area (Å²) in [5.74, 6) is 0.0571. The van der Waals surface area contributed by atoms with E-state index < -0.39 is 0 Å². The minimum Gasteiger partial charge on any atom is -0.351 e. The van der Waals surface area contributed by atoms with Crippen LogP contribution < -0.4 is 5.32 Å². The van der Waals surface area contributed by atoms with Crippen molar-refractivity contribution in [3.63, 3.8) is 0 Å². The molecule has 1 aromatic heterocycles.